The summed E-state index contributed by atoms with van der Waals surface area (Å²) in [6, 6.07) is 9.21. The number of carbonyl (C=O) groups is 1. The maximum atomic E-state index is 12.7. The number of Topliss-reactive ketones (excluding diaryl/α,β-unsaturated/α-hetero) is 1. The molecule has 8 heteroatoms. The van der Waals surface area contributed by atoms with Crippen LogP contribution in [-0.2, 0) is 4.79 Å². The van der Waals surface area contributed by atoms with Crippen molar-refractivity contribution in [2.75, 3.05) is 19.6 Å². The Morgan fingerprint density at radius 3 is 2.64 bits per heavy atom. The number of imidazole rings is 1. The van der Waals surface area contributed by atoms with Crippen LogP contribution in [0.4, 0.5) is 13.2 Å². The molecule has 1 aliphatic heterocycles. The van der Waals surface area contributed by atoms with Gasteiger partial charge in [-0.2, -0.15) is 18.4 Å². The number of nitrogens with one attached hydrogen (secondary N) is 1. The predicted molar refractivity (Wildman–Crippen MR) is 84.7 cm³/mol. The van der Waals surface area contributed by atoms with Gasteiger partial charge >= 0.3 is 6.18 Å². The number of ketones is 1. The predicted octanol–water partition coefficient (Wildman–Crippen LogP) is 3.01. The van der Waals surface area contributed by atoms with Crippen LogP contribution in [0.5, 0.6) is 0 Å². The van der Waals surface area contributed by atoms with E-state index >= 15 is 0 Å². The van der Waals surface area contributed by atoms with Crippen LogP contribution in [0.25, 0.3) is 11.0 Å². The fraction of sp³-hybridized carbons (Fsp3) is 0.471. The molecule has 0 bridgehead atoms. The average molecular weight is 350 g/mol. The Hall–Kier alpha value is -2.40. The molecule has 25 heavy (non-hydrogen) atoms. The molecule has 1 saturated heterocycles. The van der Waals surface area contributed by atoms with Gasteiger partial charge in [0.1, 0.15) is 5.82 Å². The summed E-state index contributed by atoms with van der Waals surface area (Å²) in [7, 11) is 0. The quantitative estimate of drug-likeness (QED) is 0.920. The van der Waals surface area contributed by atoms with Crippen molar-refractivity contribution in [1.82, 2.24) is 14.9 Å². The monoisotopic (exact) mass is 350 g/mol. The lowest BCUT2D eigenvalue weighted by atomic mass is 9.86. The second-order valence-electron chi connectivity index (χ2n) is 6.27. The first-order valence-electron chi connectivity index (χ1n) is 8.04. The van der Waals surface area contributed by atoms with Crippen molar-refractivity contribution in [3.8, 4) is 6.07 Å². The lowest BCUT2D eigenvalue weighted by molar-refractivity contribution is -0.149. The average Bonchev–Trinajstić information content (AvgIpc) is 2.98. The van der Waals surface area contributed by atoms with E-state index in [0.717, 1.165) is 5.52 Å². The van der Waals surface area contributed by atoms with E-state index in [1.165, 1.54) is 4.90 Å². The highest BCUT2D eigenvalue weighted by Crippen LogP contribution is 2.28. The van der Waals surface area contributed by atoms with Crippen molar-refractivity contribution in [2.45, 2.75) is 24.9 Å². The molecule has 0 aliphatic carbocycles. The number of aromatic nitrogens is 2. The molecule has 0 saturated carbocycles. The normalized spacial score (nSPS) is 18.2. The summed E-state index contributed by atoms with van der Waals surface area (Å²) in [4.78, 5) is 21.3. The molecule has 5 nitrogen and oxygen atoms in total. The minimum Gasteiger partial charge on any atom is -0.340 e. The molecular formula is C17H17F3N4O. The maximum Gasteiger partial charge on any atom is 0.401 e. The van der Waals surface area contributed by atoms with Gasteiger partial charge in [0.05, 0.1) is 23.6 Å². The Balaban J connectivity index is 1.68. The number of rotatable bonds is 4. The van der Waals surface area contributed by atoms with Crippen LogP contribution < -0.4 is 0 Å². The van der Waals surface area contributed by atoms with E-state index in [-0.39, 0.29) is 18.9 Å². The highest BCUT2D eigenvalue weighted by Gasteiger charge is 2.36. The molecule has 132 valence electrons. The van der Waals surface area contributed by atoms with Gasteiger partial charge in [0.25, 0.3) is 0 Å². The van der Waals surface area contributed by atoms with Crippen LogP contribution in [-0.4, -0.2) is 46.5 Å². The molecule has 2 heterocycles. The van der Waals surface area contributed by atoms with E-state index in [1.807, 2.05) is 18.2 Å². The van der Waals surface area contributed by atoms with E-state index in [4.69, 9.17) is 0 Å². The summed E-state index contributed by atoms with van der Waals surface area (Å²) in [5.74, 6) is -1.41. The molecular weight excluding hydrogens is 333 g/mol. The number of piperidine rings is 1. The topological polar surface area (TPSA) is 72.8 Å². The number of likely N-dealkylation sites (tertiary alicyclic amines) is 1. The molecule has 1 fully saturated rings. The summed E-state index contributed by atoms with van der Waals surface area (Å²) < 4.78 is 37.3. The maximum absolute atomic E-state index is 12.7. The summed E-state index contributed by atoms with van der Waals surface area (Å²) in [5.41, 5.74) is 1.41. The van der Waals surface area contributed by atoms with Crippen molar-refractivity contribution < 1.29 is 18.0 Å². The molecule has 1 atom stereocenters. The first kappa shape index (κ1) is 17.4. The van der Waals surface area contributed by atoms with Gasteiger partial charge in [-0.25, -0.2) is 4.98 Å². The SMILES string of the molecule is N#CC(C(=O)C1CCN(CC(F)(F)F)CC1)c1nc2ccccc2[nH]1. The lowest BCUT2D eigenvalue weighted by Gasteiger charge is -2.32. The third-order valence-electron chi connectivity index (χ3n) is 4.49. The smallest absolute Gasteiger partial charge is 0.340 e. The van der Waals surface area contributed by atoms with Gasteiger partial charge in [0.2, 0.25) is 0 Å². The number of nitrogens with zero attached hydrogens (tertiary/aromatic N) is 3. The Labute approximate surface area is 142 Å². The van der Waals surface area contributed by atoms with Crippen molar-refractivity contribution in [3.05, 3.63) is 30.1 Å². The Morgan fingerprint density at radius 2 is 2.04 bits per heavy atom. The van der Waals surface area contributed by atoms with Gasteiger partial charge < -0.3 is 4.98 Å². The van der Waals surface area contributed by atoms with E-state index < -0.39 is 24.6 Å². The van der Waals surface area contributed by atoms with Crippen molar-refractivity contribution >= 4 is 16.8 Å². The molecule has 0 radical (unpaired) electrons. The van der Waals surface area contributed by atoms with Crippen LogP contribution in [0.3, 0.4) is 0 Å². The summed E-state index contributed by atoms with van der Waals surface area (Å²) >= 11 is 0. The molecule has 1 aliphatic rings. The van der Waals surface area contributed by atoms with Gasteiger partial charge in [-0.05, 0) is 38.1 Å². The minimum absolute atomic E-state index is 0.203. The zero-order valence-corrected chi connectivity index (χ0v) is 13.4. The first-order chi connectivity index (χ1) is 11.9. The van der Waals surface area contributed by atoms with Gasteiger partial charge in [0.15, 0.2) is 11.7 Å². The number of aromatic amines is 1. The van der Waals surface area contributed by atoms with Gasteiger partial charge in [-0.3, -0.25) is 9.69 Å². The van der Waals surface area contributed by atoms with Crippen LogP contribution in [0, 0.1) is 17.2 Å². The van der Waals surface area contributed by atoms with Gasteiger partial charge in [0, 0.05) is 5.92 Å². The Morgan fingerprint density at radius 1 is 1.36 bits per heavy atom. The van der Waals surface area contributed by atoms with Gasteiger partial charge in [-0.1, -0.05) is 12.1 Å². The third kappa shape index (κ3) is 3.99. The number of halogens is 3. The summed E-state index contributed by atoms with van der Waals surface area (Å²) in [6.07, 6.45) is -3.58. The van der Waals surface area contributed by atoms with Crippen molar-refractivity contribution in [3.63, 3.8) is 0 Å². The number of H-pyrrole nitrogens is 1. The molecule has 0 spiro atoms. The Bertz CT molecular complexity index is 767. The number of carbonyl (C=O) groups excluding carboxylic acids is 1. The van der Waals surface area contributed by atoms with Crippen molar-refractivity contribution in [1.29, 1.82) is 5.26 Å². The third-order valence-corrected chi connectivity index (χ3v) is 4.49. The molecule has 0 amide bonds. The molecule has 1 unspecified atom stereocenters. The van der Waals surface area contributed by atoms with Crippen LogP contribution in [0.2, 0.25) is 0 Å². The zero-order chi connectivity index (χ0) is 18.0. The van der Waals surface area contributed by atoms with Crippen LogP contribution in [0.1, 0.15) is 24.6 Å². The number of para-hydroxylation sites is 2. The molecule has 1 N–H and O–H groups in total. The standard InChI is InChI=1S/C17H17F3N4O/c18-17(19,20)10-24-7-5-11(6-8-24)15(25)12(9-21)16-22-13-3-1-2-4-14(13)23-16/h1-4,11-12H,5-8,10H2,(H,22,23). The van der Waals surface area contributed by atoms with E-state index in [2.05, 4.69) is 9.97 Å². The van der Waals surface area contributed by atoms with Crippen LogP contribution in [0.15, 0.2) is 24.3 Å². The second-order valence-corrected chi connectivity index (χ2v) is 6.27. The summed E-state index contributed by atoms with van der Waals surface area (Å²) in [5, 5.41) is 9.42. The number of alkyl halides is 3. The molecule has 3 rings (SSSR count). The van der Waals surface area contributed by atoms with Crippen LogP contribution >= 0.6 is 0 Å². The number of benzene rings is 1. The number of fused-ring (bicyclic) bond motifs is 1. The number of hydrogen-bond donors (Lipinski definition) is 1. The fourth-order valence-electron chi connectivity index (χ4n) is 3.23. The number of hydrogen-bond acceptors (Lipinski definition) is 4. The summed E-state index contributed by atoms with van der Waals surface area (Å²) in [6.45, 7) is -0.554. The molecule has 1 aromatic heterocycles. The second kappa shape index (κ2) is 6.84. The van der Waals surface area contributed by atoms with Gasteiger partial charge in [-0.15, -0.1) is 0 Å². The Kier molecular flexibility index (Phi) is 4.77. The highest BCUT2D eigenvalue weighted by molar-refractivity contribution is 5.90. The van der Waals surface area contributed by atoms with E-state index in [9.17, 15) is 23.2 Å². The van der Waals surface area contributed by atoms with E-state index in [0.29, 0.717) is 24.2 Å². The number of nitriles is 1. The highest BCUT2D eigenvalue weighted by atomic mass is 19.4. The first-order valence-corrected chi connectivity index (χ1v) is 8.04. The largest absolute Gasteiger partial charge is 0.401 e. The van der Waals surface area contributed by atoms with Crippen molar-refractivity contribution in [2.24, 2.45) is 5.92 Å². The fourth-order valence-corrected chi connectivity index (χ4v) is 3.23. The molecule has 1 aromatic carbocycles. The molecule has 2 aromatic rings. The van der Waals surface area contributed by atoms with E-state index in [1.54, 1.807) is 12.1 Å². The zero-order valence-electron chi connectivity index (χ0n) is 13.4. The minimum atomic E-state index is -4.24. The lowest BCUT2D eigenvalue weighted by Crippen LogP contribution is -2.42.